The Morgan fingerprint density at radius 1 is 1.27 bits per heavy atom. The predicted molar refractivity (Wildman–Crippen MR) is 60.1 cm³/mol. The Morgan fingerprint density at radius 3 is 2.93 bits per heavy atom. The highest BCUT2D eigenvalue weighted by atomic mass is 16.1. The highest BCUT2D eigenvalue weighted by Gasteiger charge is 2.25. The summed E-state index contributed by atoms with van der Waals surface area (Å²) in [5.74, 6) is 0.763. The van der Waals surface area contributed by atoms with Crippen molar-refractivity contribution < 1.29 is 4.79 Å². The molecule has 1 heterocycles. The summed E-state index contributed by atoms with van der Waals surface area (Å²) in [7, 11) is 0. The molecule has 2 nitrogen and oxygen atoms in total. The second-order valence-electron chi connectivity index (χ2n) is 4.46. The molecule has 0 fully saturated rings. The van der Waals surface area contributed by atoms with Gasteiger partial charge in [-0.15, -0.1) is 0 Å². The Hall–Kier alpha value is -1.57. The fourth-order valence-electron chi connectivity index (χ4n) is 2.51. The number of fused-ring (bicyclic) bond motifs is 3. The van der Waals surface area contributed by atoms with E-state index in [1.807, 2.05) is 24.3 Å². The van der Waals surface area contributed by atoms with E-state index >= 15 is 0 Å². The van der Waals surface area contributed by atoms with Crippen LogP contribution in [-0.4, -0.2) is 10.8 Å². The second kappa shape index (κ2) is 2.96. The summed E-state index contributed by atoms with van der Waals surface area (Å²) in [6.45, 7) is 2.13. The van der Waals surface area contributed by atoms with Gasteiger partial charge in [-0.3, -0.25) is 4.79 Å². The summed E-state index contributed by atoms with van der Waals surface area (Å²) in [4.78, 5) is 15.3. The Kier molecular flexibility index (Phi) is 1.72. The van der Waals surface area contributed by atoms with Crippen LogP contribution in [0.1, 0.15) is 29.4 Å². The van der Waals surface area contributed by atoms with E-state index in [-0.39, 0.29) is 0 Å². The number of rotatable bonds is 0. The first kappa shape index (κ1) is 8.72. The van der Waals surface area contributed by atoms with Crippen LogP contribution < -0.4 is 0 Å². The molecule has 0 radical (unpaired) electrons. The lowest BCUT2D eigenvalue weighted by atomic mass is 9.87. The molecule has 0 unspecified atom stereocenters. The summed E-state index contributed by atoms with van der Waals surface area (Å²) in [5.41, 5.74) is 3.15. The van der Waals surface area contributed by atoms with Crippen LogP contribution >= 0.6 is 0 Å². The van der Waals surface area contributed by atoms with Gasteiger partial charge >= 0.3 is 0 Å². The molecule has 1 atom stereocenters. The quantitative estimate of drug-likeness (QED) is 0.695. The van der Waals surface area contributed by atoms with E-state index in [9.17, 15) is 4.79 Å². The molecule has 0 bridgehead atoms. The van der Waals surface area contributed by atoms with E-state index in [2.05, 4.69) is 11.9 Å². The van der Waals surface area contributed by atoms with E-state index in [4.69, 9.17) is 0 Å². The summed E-state index contributed by atoms with van der Waals surface area (Å²) in [6.07, 6.45) is 1.69. The lowest BCUT2D eigenvalue weighted by Crippen LogP contribution is -2.16. The minimum atomic E-state index is 0.293. The van der Waals surface area contributed by atoms with Gasteiger partial charge in [0.05, 0.1) is 0 Å². The predicted octanol–water partition coefficient (Wildman–Crippen LogP) is 2.93. The molecule has 76 valence electrons. The van der Waals surface area contributed by atoms with Gasteiger partial charge in [0.25, 0.3) is 0 Å². The standard InChI is InChI=1S/C13H13NO/c1-8-6-11-13(12(15)7-8)9-4-2-3-5-10(9)14-11/h2-5,8,14H,6-7H2,1H3/t8-/m0/s1. The Labute approximate surface area is 88.3 Å². The van der Waals surface area contributed by atoms with E-state index in [1.54, 1.807) is 0 Å². The average molecular weight is 199 g/mol. The van der Waals surface area contributed by atoms with Gasteiger partial charge in [-0.05, 0) is 18.4 Å². The molecule has 2 heteroatoms. The maximum absolute atomic E-state index is 12.0. The molecule has 0 amide bonds. The first-order valence-electron chi connectivity index (χ1n) is 5.38. The lowest BCUT2D eigenvalue weighted by Gasteiger charge is -2.16. The molecule has 1 aliphatic rings. The molecule has 1 aromatic heterocycles. The third-order valence-electron chi connectivity index (χ3n) is 3.15. The van der Waals surface area contributed by atoms with E-state index < -0.39 is 0 Å². The van der Waals surface area contributed by atoms with Crippen LogP contribution in [0.4, 0.5) is 0 Å². The average Bonchev–Trinajstić information content (AvgIpc) is 2.54. The molecule has 2 aromatic rings. The van der Waals surface area contributed by atoms with Crippen LogP contribution in [0.5, 0.6) is 0 Å². The fraction of sp³-hybridized carbons (Fsp3) is 0.308. The van der Waals surface area contributed by atoms with Crippen molar-refractivity contribution in [1.82, 2.24) is 4.98 Å². The van der Waals surface area contributed by atoms with Crippen molar-refractivity contribution in [3.05, 3.63) is 35.5 Å². The van der Waals surface area contributed by atoms with Crippen molar-refractivity contribution in [2.45, 2.75) is 19.8 Å². The lowest BCUT2D eigenvalue weighted by molar-refractivity contribution is 0.0955. The monoisotopic (exact) mass is 199 g/mol. The second-order valence-corrected chi connectivity index (χ2v) is 4.46. The van der Waals surface area contributed by atoms with Crippen LogP contribution in [0.3, 0.4) is 0 Å². The van der Waals surface area contributed by atoms with Crippen molar-refractivity contribution in [3.8, 4) is 0 Å². The first-order chi connectivity index (χ1) is 7.25. The van der Waals surface area contributed by atoms with Crippen LogP contribution in [0.25, 0.3) is 10.9 Å². The first-order valence-corrected chi connectivity index (χ1v) is 5.38. The SMILES string of the molecule is C[C@@H]1CC(=O)c2c([nH]c3ccccc23)C1. The number of ketones is 1. The van der Waals surface area contributed by atoms with Gasteiger partial charge in [-0.1, -0.05) is 25.1 Å². The molecule has 1 N–H and O–H groups in total. The maximum atomic E-state index is 12.0. The van der Waals surface area contributed by atoms with Gasteiger partial charge in [-0.2, -0.15) is 0 Å². The summed E-state index contributed by atoms with van der Waals surface area (Å²) in [6, 6.07) is 8.05. The van der Waals surface area contributed by atoms with Crippen molar-refractivity contribution in [2.75, 3.05) is 0 Å². The third-order valence-corrected chi connectivity index (χ3v) is 3.15. The third kappa shape index (κ3) is 1.21. The number of carbonyl (C=O) groups excluding carboxylic acids is 1. The molecule has 1 aliphatic carbocycles. The van der Waals surface area contributed by atoms with Gasteiger partial charge in [0, 0.05) is 28.6 Å². The number of nitrogens with one attached hydrogen (secondary N) is 1. The van der Waals surface area contributed by atoms with Crippen molar-refractivity contribution in [3.63, 3.8) is 0 Å². The normalized spacial score (nSPS) is 20.6. The number of carbonyl (C=O) groups is 1. The van der Waals surface area contributed by atoms with E-state index in [0.717, 1.165) is 28.6 Å². The van der Waals surface area contributed by atoms with Crippen molar-refractivity contribution in [2.24, 2.45) is 5.92 Å². The summed E-state index contributed by atoms with van der Waals surface area (Å²) < 4.78 is 0. The van der Waals surface area contributed by atoms with Crippen molar-refractivity contribution >= 4 is 16.7 Å². The topological polar surface area (TPSA) is 32.9 Å². The molecule has 0 aliphatic heterocycles. The number of aromatic nitrogens is 1. The van der Waals surface area contributed by atoms with Gasteiger partial charge in [-0.25, -0.2) is 0 Å². The van der Waals surface area contributed by atoms with Gasteiger partial charge in [0.15, 0.2) is 5.78 Å². The van der Waals surface area contributed by atoms with Crippen LogP contribution in [0.15, 0.2) is 24.3 Å². The van der Waals surface area contributed by atoms with Gasteiger partial charge in [0.2, 0.25) is 0 Å². The zero-order chi connectivity index (χ0) is 10.4. The maximum Gasteiger partial charge on any atom is 0.165 e. The number of Topliss-reactive ketones (excluding diaryl/α,β-unsaturated/α-hetero) is 1. The van der Waals surface area contributed by atoms with Crippen LogP contribution in [0.2, 0.25) is 0 Å². The number of aromatic amines is 1. The zero-order valence-corrected chi connectivity index (χ0v) is 8.71. The molecule has 0 spiro atoms. The smallest absolute Gasteiger partial charge is 0.165 e. The largest absolute Gasteiger partial charge is 0.358 e. The fourth-order valence-corrected chi connectivity index (χ4v) is 2.51. The number of hydrogen-bond acceptors (Lipinski definition) is 1. The molecular formula is C13H13NO. The van der Waals surface area contributed by atoms with Crippen LogP contribution in [0, 0.1) is 5.92 Å². The number of H-pyrrole nitrogens is 1. The Morgan fingerprint density at radius 2 is 2.07 bits per heavy atom. The highest BCUT2D eigenvalue weighted by molar-refractivity contribution is 6.10. The molecule has 0 saturated carbocycles. The molecule has 15 heavy (non-hydrogen) atoms. The number of benzene rings is 1. The van der Waals surface area contributed by atoms with Gasteiger partial charge in [0.1, 0.15) is 0 Å². The summed E-state index contributed by atoms with van der Waals surface area (Å²) >= 11 is 0. The molecule has 3 rings (SSSR count). The number of hydrogen-bond donors (Lipinski definition) is 1. The molecular weight excluding hydrogens is 186 g/mol. The van der Waals surface area contributed by atoms with Gasteiger partial charge < -0.3 is 4.98 Å². The minimum Gasteiger partial charge on any atom is -0.358 e. The Bertz CT molecular complexity index is 538. The molecule has 0 saturated heterocycles. The van der Waals surface area contributed by atoms with E-state index in [1.165, 1.54) is 0 Å². The van der Waals surface area contributed by atoms with E-state index in [0.29, 0.717) is 18.1 Å². The zero-order valence-electron chi connectivity index (χ0n) is 8.71. The van der Waals surface area contributed by atoms with Crippen LogP contribution in [-0.2, 0) is 6.42 Å². The highest BCUT2D eigenvalue weighted by Crippen LogP contribution is 2.30. The van der Waals surface area contributed by atoms with Crippen molar-refractivity contribution in [1.29, 1.82) is 0 Å². The Balaban J connectivity index is 2.32. The molecule has 1 aromatic carbocycles. The minimum absolute atomic E-state index is 0.293. The summed E-state index contributed by atoms with van der Waals surface area (Å²) in [5, 5.41) is 1.09. The number of para-hydroxylation sites is 1.